The molecule has 178 valence electrons. The second-order valence-electron chi connectivity index (χ2n) is 7.89. The lowest BCUT2D eigenvalue weighted by molar-refractivity contribution is -0.111. The highest BCUT2D eigenvalue weighted by molar-refractivity contribution is 6.05. The second-order valence-corrected chi connectivity index (χ2v) is 7.89. The molecule has 1 aromatic heterocycles. The highest BCUT2D eigenvalue weighted by Crippen LogP contribution is 2.40. The standard InChI is InChI=1S/C28H26N2O5/c1-4-34-25-15-26-22(23(16-35-26)20-7-5-6-8-24(20)33-3)14-21(25)17(2)13-27(31)30-19-11-9-18(10-12-19)28(29)32/h5-16H,4H2,1-3H3,(H2,29,32)(H,30,31)/b17-13+. The van der Waals surface area contributed by atoms with Gasteiger partial charge in [0, 0.05) is 45.5 Å². The highest BCUT2D eigenvalue weighted by Gasteiger charge is 2.17. The van der Waals surface area contributed by atoms with Crippen LogP contribution in [0.4, 0.5) is 5.69 Å². The van der Waals surface area contributed by atoms with Gasteiger partial charge in [0.15, 0.2) is 0 Å². The lowest BCUT2D eigenvalue weighted by Gasteiger charge is -2.12. The van der Waals surface area contributed by atoms with E-state index in [2.05, 4.69) is 5.32 Å². The van der Waals surface area contributed by atoms with Gasteiger partial charge in [-0.25, -0.2) is 0 Å². The molecule has 0 fully saturated rings. The molecule has 2 amide bonds. The van der Waals surface area contributed by atoms with Crippen molar-refractivity contribution in [2.75, 3.05) is 19.0 Å². The number of nitrogens with one attached hydrogen (secondary N) is 1. The number of amides is 2. The van der Waals surface area contributed by atoms with Gasteiger partial charge in [0.2, 0.25) is 11.8 Å². The van der Waals surface area contributed by atoms with Crippen LogP contribution in [0.5, 0.6) is 11.5 Å². The van der Waals surface area contributed by atoms with Crippen molar-refractivity contribution in [3.63, 3.8) is 0 Å². The third-order valence-electron chi connectivity index (χ3n) is 5.58. The lowest BCUT2D eigenvalue weighted by Crippen LogP contribution is -2.12. The molecule has 0 unspecified atom stereocenters. The molecule has 3 aromatic carbocycles. The maximum Gasteiger partial charge on any atom is 0.248 e. The Bertz CT molecular complexity index is 1420. The molecule has 1 heterocycles. The summed E-state index contributed by atoms with van der Waals surface area (Å²) >= 11 is 0. The molecule has 0 atom stereocenters. The van der Waals surface area contributed by atoms with Crippen LogP contribution in [-0.2, 0) is 4.79 Å². The SMILES string of the molecule is CCOc1cc2occ(-c3ccccc3OC)c2cc1/C(C)=C/C(=O)Nc1ccc(C(N)=O)cc1. The molecule has 35 heavy (non-hydrogen) atoms. The second kappa shape index (κ2) is 10.2. The number of benzene rings is 3. The van der Waals surface area contributed by atoms with Crippen LogP contribution in [0.3, 0.4) is 0 Å². The van der Waals surface area contributed by atoms with E-state index < -0.39 is 5.91 Å². The third-order valence-corrected chi connectivity index (χ3v) is 5.58. The van der Waals surface area contributed by atoms with E-state index in [9.17, 15) is 9.59 Å². The summed E-state index contributed by atoms with van der Waals surface area (Å²) in [5.74, 6) is 0.520. The summed E-state index contributed by atoms with van der Waals surface area (Å²) in [4.78, 5) is 24.0. The Hall–Kier alpha value is -4.52. The van der Waals surface area contributed by atoms with E-state index >= 15 is 0 Å². The lowest BCUT2D eigenvalue weighted by atomic mass is 9.98. The number of fused-ring (bicyclic) bond motifs is 1. The zero-order valence-corrected chi connectivity index (χ0v) is 19.8. The number of allylic oxidation sites excluding steroid dienone is 1. The number of rotatable bonds is 8. The quantitative estimate of drug-likeness (QED) is 0.324. The molecule has 7 heteroatoms. The Morgan fingerprint density at radius 2 is 1.77 bits per heavy atom. The Morgan fingerprint density at radius 3 is 2.46 bits per heavy atom. The number of ether oxygens (including phenoxy) is 2. The van der Waals surface area contributed by atoms with Crippen LogP contribution in [0.1, 0.15) is 29.8 Å². The van der Waals surface area contributed by atoms with Crippen LogP contribution in [-0.4, -0.2) is 25.5 Å². The molecule has 0 bridgehead atoms. The number of carbonyl (C=O) groups is 2. The van der Waals surface area contributed by atoms with Crippen LogP contribution >= 0.6 is 0 Å². The van der Waals surface area contributed by atoms with Gasteiger partial charge in [-0.1, -0.05) is 18.2 Å². The average molecular weight is 471 g/mol. The highest BCUT2D eigenvalue weighted by atomic mass is 16.5. The van der Waals surface area contributed by atoms with Gasteiger partial charge < -0.3 is 24.9 Å². The summed E-state index contributed by atoms with van der Waals surface area (Å²) in [6, 6.07) is 17.9. The van der Waals surface area contributed by atoms with Gasteiger partial charge in [-0.2, -0.15) is 0 Å². The van der Waals surface area contributed by atoms with E-state index in [4.69, 9.17) is 19.6 Å². The van der Waals surface area contributed by atoms with Crippen molar-refractivity contribution in [1.82, 2.24) is 0 Å². The van der Waals surface area contributed by atoms with E-state index in [1.165, 1.54) is 6.08 Å². The number of para-hydroxylation sites is 1. The number of methoxy groups -OCH3 is 1. The molecule has 7 nitrogen and oxygen atoms in total. The van der Waals surface area contributed by atoms with Crippen LogP contribution < -0.4 is 20.5 Å². The fourth-order valence-electron chi connectivity index (χ4n) is 3.88. The number of nitrogens with two attached hydrogens (primary N) is 1. The van der Waals surface area contributed by atoms with Gasteiger partial charge in [0.1, 0.15) is 17.1 Å². The third kappa shape index (κ3) is 5.04. The molecule has 4 aromatic rings. The molecular weight excluding hydrogens is 444 g/mol. The monoisotopic (exact) mass is 470 g/mol. The van der Waals surface area contributed by atoms with E-state index in [0.29, 0.717) is 34.8 Å². The minimum absolute atomic E-state index is 0.311. The molecular formula is C28H26N2O5. The zero-order valence-electron chi connectivity index (χ0n) is 19.8. The van der Waals surface area contributed by atoms with E-state index in [0.717, 1.165) is 27.8 Å². The molecule has 0 aliphatic rings. The molecule has 3 N–H and O–H groups in total. The summed E-state index contributed by atoms with van der Waals surface area (Å²) in [5, 5.41) is 3.68. The molecule has 0 aliphatic carbocycles. The van der Waals surface area contributed by atoms with Crippen molar-refractivity contribution in [2.45, 2.75) is 13.8 Å². The molecule has 4 rings (SSSR count). The first-order chi connectivity index (χ1) is 16.9. The minimum Gasteiger partial charge on any atom is -0.496 e. The molecule has 0 saturated carbocycles. The van der Waals surface area contributed by atoms with Crippen molar-refractivity contribution in [2.24, 2.45) is 5.73 Å². The van der Waals surface area contributed by atoms with Crippen LogP contribution in [0.25, 0.3) is 27.7 Å². The molecule has 0 radical (unpaired) electrons. The smallest absolute Gasteiger partial charge is 0.248 e. The van der Waals surface area contributed by atoms with E-state index in [-0.39, 0.29) is 5.91 Å². The number of hydrogen-bond donors (Lipinski definition) is 2. The van der Waals surface area contributed by atoms with Crippen molar-refractivity contribution >= 4 is 34.0 Å². The van der Waals surface area contributed by atoms with Crippen molar-refractivity contribution in [1.29, 1.82) is 0 Å². The van der Waals surface area contributed by atoms with Crippen LogP contribution in [0.15, 0.2) is 77.4 Å². The first-order valence-electron chi connectivity index (χ1n) is 11.1. The van der Waals surface area contributed by atoms with Gasteiger partial charge >= 0.3 is 0 Å². The predicted molar refractivity (Wildman–Crippen MR) is 137 cm³/mol. The number of anilines is 1. The van der Waals surface area contributed by atoms with Gasteiger partial charge in [-0.15, -0.1) is 0 Å². The van der Waals surface area contributed by atoms with E-state index in [1.807, 2.05) is 50.2 Å². The summed E-state index contributed by atoms with van der Waals surface area (Å²) in [7, 11) is 1.63. The maximum absolute atomic E-state index is 12.7. The Kier molecular flexibility index (Phi) is 6.87. The van der Waals surface area contributed by atoms with Crippen molar-refractivity contribution < 1.29 is 23.5 Å². The minimum atomic E-state index is -0.524. The Morgan fingerprint density at radius 1 is 1.03 bits per heavy atom. The van der Waals surface area contributed by atoms with Crippen molar-refractivity contribution in [3.8, 4) is 22.6 Å². The fraction of sp³-hybridized carbons (Fsp3) is 0.143. The van der Waals surface area contributed by atoms with Gasteiger partial charge in [-0.05, 0) is 55.8 Å². The van der Waals surface area contributed by atoms with Gasteiger partial charge in [0.25, 0.3) is 0 Å². The topological polar surface area (TPSA) is 104 Å². The fourth-order valence-corrected chi connectivity index (χ4v) is 3.88. The number of primary amides is 1. The molecule has 0 saturated heterocycles. The average Bonchev–Trinajstić information content (AvgIpc) is 3.26. The van der Waals surface area contributed by atoms with Crippen LogP contribution in [0, 0.1) is 0 Å². The molecule has 0 aliphatic heterocycles. The summed E-state index contributed by atoms with van der Waals surface area (Å²) in [5.41, 5.74) is 10.1. The van der Waals surface area contributed by atoms with Gasteiger partial charge in [-0.3, -0.25) is 9.59 Å². The molecule has 0 spiro atoms. The first kappa shape index (κ1) is 23.6. The normalized spacial score (nSPS) is 11.3. The largest absolute Gasteiger partial charge is 0.496 e. The Balaban J connectivity index is 1.70. The van der Waals surface area contributed by atoms with E-state index in [1.54, 1.807) is 37.6 Å². The predicted octanol–water partition coefficient (Wildman–Crippen LogP) is 5.65. The first-order valence-corrected chi connectivity index (χ1v) is 11.1. The maximum atomic E-state index is 12.7. The zero-order chi connectivity index (χ0) is 24.9. The summed E-state index contributed by atoms with van der Waals surface area (Å²) < 4.78 is 17.2. The number of hydrogen-bond acceptors (Lipinski definition) is 5. The summed E-state index contributed by atoms with van der Waals surface area (Å²) in [6.07, 6.45) is 3.21. The van der Waals surface area contributed by atoms with Crippen LogP contribution in [0.2, 0.25) is 0 Å². The van der Waals surface area contributed by atoms with Crippen molar-refractivity contribution in [3.05, 3.63) is 84.1 Å². The Labute approximate surface area is 203 Å². The van der Waals surface area contributed by atoms with Gasteiger partial charge in [0.05, 0.1) is 20.0 Å². The number of furan rings is 1. The summed E-state index contributed by atoms with van der Waals surface area (Å²) in [6.45, 7) is 4.21. The number of carbonyl (C=O) groups excluding carboxylic acids is 2.